The Morgan fingerprint density at radius 3 is 1.27 bits per heavy atom. The van der Waals surface area contributed by atoms with Crippen LogP contribution in [0, 0.1) is 11.8 Å². The monoisotopic (exact) mass is 1080 g/mol. The summed E-state index contributed by atoms with van der Waals surface area (Å²) in [6.45, 7) is 15.1. The van der Waals surface area contributed by atoms with Gasteiger partial charge in [0.05, 0.1) is 14.2 Å². The molecule has 4 aliphatic rings. The number of carboxylic acids is 1. The maximum absolute atomic E-state index is 12.6. The van der Waals surface area contributed by atoms with Gasteiger partial charge in [0.25, 0.3) is 5.91 Å². The highest BCUT2D eigenvalue weighted by molar-refractivity contribution is 5.98. The highest BCUT2D eigenvalue weighted by Gasteiger charge is 2.41. The summed E-state index contributed by atoms with van der Waals surface area (Å²) in [6.07, 6.45) is 4.57. The van der Waals surface area contributed by atoms with Gasteiger partial charge in [0.1, 0.15) is 51.4 Å². The fourth-order valence-corrected chi connectivity index (χ4v) is 11.2. The number of hydrogen-bond donors (Lipinski definition) is 2. The van der Waals surface area contributed by atoms with Crippen LogP contribution in [-0.4, -0.2) is 110 Å². The second-order valence-electron chi connectivity index (χ2n) is 22.3. The SMILES string of the molecule is C.COc1cc(-c2nc3n(c2C(=O)O)CCC3C2CCN(C(=O)OC(C)(C)C)CC2)ccc1Oc1ccccc1.COc1cc(-c2nc3n(c2C(N)=O)CCC3C2CCN(C(=O)OC(C)(C)C)CC2)ccc1Oc1ccccc1. The van der Waals surface area contributed by atoms with E-state index in [0.717, 1.165) is 55.7 Å². The zero-order chi connectivity index (χ0) is 55.5. The first-order valence-electron chi connectivity index (χ1n) is 26.8. The van der Waals surface area contributed by atoms with Crippen LogP contribution in [0.4, 0.5) is 9.59 Å². The smallest absolute Gasteiger partial charge is 0.410 e. The van der Waals surface area contributed by atoms with Crippen LogP contribution < -0.4 is 24.7 Å². The summed E-state index contributed by atoms with van der Waals surface area (Å²) in [5.41, 5.74) is 7.83. The van der Waals surface area contributed by atoms with Crippen LogP contribution in [0.3, 0.4) is 0 Å². The average Bonchev–Trinajstić information content (AvgIpc) is 4.39. The third-order valence-electron chi connectivity index (χ3n) is 14.8. The predicted molar refractivity (Wildman–Crippen MR) is 299 cm³/mol. The number of likely N-dealkylation sites (tertiary alicyclic amines) is 2. The molecule has 3 amide bonds. The van der Waals surface area contributed by atoms with Crippen LogP contribution in [0.25, 0.3) is 22.5 Å². The fraction of sp³-hybridized carbons (Fsp3) is 0.443. The first kappa shape index (κ1) is 57.2. The highest BCUT2D eigenvalue weighted by Crippen LogP contribution is 2.46. The van der Waals surface area contributed by atoms with Gasteiger partial charge in [-0.2, -0.15) is 0 Å². The fourth-order valence-electron chi connectivity index (χ4n) is 11.2. The second kappa shape index (κ2) is 23.9. The number of hydrogen-bond acceptors (Lipinski definition) is 12. The van der Waals surface area contributed by atoms with Gasteiger partial charge < -0.3 is 58.2 Å². The molecular formula is C61H75N7O11. The molecule has 4 aliphatic heterocycles. The number of primary amides is 1. The van der Waals surface area contributed by atoms with Crippen molar-refractivity contribution in [3.05, 3.63) is 120 Å². The lowest BCUT2D eigenvalue weighted by atomic mass is 9.83. The van der Waals surface area contributed by atoms with Crippen molar-refractivity contribution in [2.24, 2.45) is 17.6 Å². The summed E-state index contributed by atoms with van der Waals surface area (Å²) < 4.78 is 38.1. The molecule has 2 atom stereocenters. The van der Waals surface area contributed by atoms with Gasteiger partial charge in [0.2, 0.25) is 0 Å². The maximum atomic E-state index is 12.6. The minimum absolute atomic E-state index is 0. The van der Waals surface area contributed by atoms with Gasteiger partial charge in [0.15, 0.2) is 28.7 Å². The van der Waals surface area contributed by atoms with Crippen LogP contribution in [0.1, 0.15) is 132 Å². The molecule has 18 nitrogen and oxygen atoms in total. The van der Waals surface area contributed by atoms with Gasteiger partial charge >= 0.3 is 18.2 Å². The quantitative estimate of drug-likeness (QED) is 0.117. The number of rotatable bonds is 12. The van der Waals surface area contributed by atoms with E-state index in [9.17, 15) is 24.3 Å². The Hall–Kier alpha value is -8.02. The van der Waals surface area contributed by atoms with Crippen LogP contribution in [0.2, 0.25) is 0 Å². The highest BCUT2D eigenvalue weighted by atomic mass is 16.6. The number of fused-ring (bicyclic) bond motifs is 2. The number of carbonyl (C=O) groups is 4. The molecule has 420 valence electrons. The van der Waals surface area contributed by atoms with E-state index in [-0.39, 0.29) is 37.1 Å². The predicted octanol–water partition coefficient (Wildman–Crippen LogP) is 12.4. The minimum Gasteiger partial charge on any atom is -0.493 e. The van der Waals surface area contributed by atoms with Crippen molar-refractivity contribution < 1.29 is 52.7 Å². The number of ether oxygens (including phenoxy) is 6. The molecule has 2 unspecified atom stereocenters. The molecule has 2 fully saturated rings. The topological polar surface area (TPSA) is 212 Å². The summed E-state index contributed by atoms with van der Waals surface area (Å²) in [7, 11) is 3.14. The number of carbonyl (C=O) groups excluding carboxylic acids is 3. The van der Waals surface area contributed by atoms with Crippen molar-refractivity contribution in [2.45, 2.75) is 124 Å². The van der Waals surface area contributed by atoms with E-state index in [4.69, 9.17) is 44.1 Å². The number of para-hydroxylation sites is 2. The number of aromatic nitrogens is 4. The van der Waals surface area contributed by atoms with E-state index in [2.05, 4.69) is 0 Å². The van der Waals surface area contributed by atoms with Gasteiger partial charge in [-0.25, -0.2) is 24.4 Å². The number of methoxy groups -OCH3 is 2. The second-order valence-corrected chi connectivity index (χ2v) is 22.3. The molecule has 79 heavy (non-hydrogen) atoms. The third kappa shape index (κ3) is 13.0. The van der Waals surface area contributed by atoms with E-state index >= 15 is 0 Å². The molecule has 0 radical (unpaired) electrons. The van der Waals surface area contributed by atoms with Crippen molar-refractivity contribution in [3.8, 4) is 57.0 Å². The Morgan fingerprint density at radius 2 is 0.911 bits per heavy atom. The Labute approximate surface area is 462 Å². The number of benzene rings is 4. The normalized spacial score (nSPS) is 17.3. The van der Waals surface area contributed by atoms with Crippen LogP contribution in [-0.2, 0) is 22.6 Å². The summed E-state index contributed by atoms with van der Waals surface area (Å²) in [5.74, 6) is 4.69. The molecule has 2 saturated heterocycles. The molecule has 6 heterocycles. The van der Waals surface area contributed by atoms with E-state index in [1.807, 2.05) is 136 Å². The molecule has 0 saturated carbocycles. The zero-order valence-corrected chi connectivity index (χ0v) is 45.8. The number of amides is 3. The lowest BCUT2D eigenvalue weighted by molar-refractivity contribution is 0.0163. The largest absolute Gasteiger partial charge is 0.493 e. The van der Waals surface area contributed by atoms with Gasteiger partial charge in [-0.05, 0) is 153 Å². The molecule has 4 aromatic carbocycles. The molecule has 2 aromatic heterocycles. The molecule has 0 bridgehead atoms. The van der Waals surface area contributed by atoms with Crippen molar-refractivity contribution in [1.82, 2.24) is 28.9 Å². The molecule has 3 N–H and O–H groups in total. The molecule has 18 heteroatoms. The number of piperidine rings is 2. The first-order valence-corrected chi connectivity index (χ1v) is 26.8. The van der Waals surface area contributed by atoms with Crippen molar-refractivity contribution in [3.63, 3.8) is 0 Å². The Morgan fingerprint density at radius 1 is 0.532 bits per heavy atom. The molecule has 0 spiro atoms. The van der Waals surface area contributed by atoms with Crippen LogP contribution in [0.15, 0.2) is 97.1 Å². The lowest BCUT2D eigenvalue weighted by Crippen LogP contribution is -2.42. The van der Waals surface area contributed by atoms with Crippen molar-refractivity contribution in [1.29, 1.82) is 0 Å². The van der Waals surface area contributed by atoms with Gasteiger partial charge in [0, 0.05) is 62.2 Å². The molecule has 6 aromatic rings. The standard InChI is InChI=1S/C30H36N4O5.C30H35N3O6.CH4/c1-30(2,3)39-29(36)33-15-12-19(13-16-33)22-14-17-34-26(27(31)35)25(32-28(22)34)20-10-11-23(24(18-20)37-4)38-21-8-6-5-7-9-21;1-30(2,3)39-29(36)32-15-12-19(13-16-32)22-14-17-33-26(28(34)35)25(31-27(22)33)20-10-11-23(24(18-20)37-4)38-21-8-6-5-7-9-21;/h5-11,18-19,22H,12-17H2,1-4H3,(H2,31,35);5-11,18-19,22H,12-17H2,1-4H3,(H,34,35);1H4. The van der Waals surface area contributed by atoms with Crippen molar-refractivity contribution in [2.75, 3.05) is 40.4 Å². The third-order valence-corrected chi connectivity index (χ3v) is 14.8. The lowest BCUT2D eigenvalue weighted by Gasteiger charge is -2.35. The zero-order valence-electron chi connectivity index (χ0n) is 45.8. The molecule has 0 aliphatic carbocycles. The first-order chi connectivity index (χ1) is 37.3. The van der Waals surface area contributed by atoms with Gasteiger partial charge in [-0.3, -0.25) is 4.79 Å². The number of carboxylic acid groups (broad SMARTS) is 1. The summed E-state index contributed by atoms with van der Waals surface area (Å²) in [4.78, 5) is 63.5. The minimum atomic E-state index is -1.01. The average molecular weight is 1080 g/mol. The van der Waals surface area contributed by atoms with E-state index in [1.165, 1.54) is 0 Å². The molecule has 10 rings (SSSR count). The summed E-state index contributed by atoms with van der Waals surface area (Å²) >= 11 is 0. The number of nitrogens with zero attached hydrogens (tertiary/aromatic N) is 6. The Bertz CT molecular complexity index is 2920. The summed E-state index contributed by atoms with van der Waals surface area (Å²) in [5, 5.41) is 10.2. The molecular weight excluding hydrogens is 1010 g/mol. The van der Waals surface area contributed by atoms with Crippen LogP contribution in [0.5, 0.6) is 34.5 Å². The van der Waals surface area contributed by atoms with E-state index in [1.54, 1.807) is 36.2 Å². The number of imidazole rings is 2. The van der Waals surface area contributed by atoms with Crippen LogP contribution >= 0.6 is 0 Å². The summed E-state index contributed by atoms with van der Waals surface area (Å²) in [6, 6.07) is 29.8. The van der Waals surface area contributed by atoms with E-state index in [0.29, 0.717) is 108 Å². The van der Waals surface area contributed by atoms with Crippen molar-refractivity contribution >= 4 is 24.1 Å². The Balaban J connectivity index is 0.000000205. The van der Waals surface area contributed by atoms with E-state index < -0.39 is 23.1 Å². The maximum Gasteiger partial charge on any atom is 0.410 e. The van der Waals surface area contributed by atoms with Gasteiger partial charge in [-0.15, -0.1) is 0 Å². The Kier molecular flexibility index (Phi) is 17.3. The number of aromatic carboxylic acids is 1. The van der Waals surface area contributed by atoms with Gasteiger partial charge in [-0.1, -0.05) is 43.8 Å². The number of nitrogens with two attached hydrogens (primary N) is 1.